The number of aryl methyl sites for hydroxylation is 2. The summed E-state index contributed by atoms with van der Waals surface area (Å²) >= 11 is 0. The van der Waals surface area contributed by atoms with E-state index in [9.17, 15) is 0 Å². The standard InChI is InChI=1S/C20H29N3O2/c1-14-3-4-17-19(15(14)2)23-18(22-17)5-9-21-16-6-10-25-20(13-16)7-11-24-12-8-20/h3-4,16,21H,5-13H2,1-2H3,(H,22,23). The van der Waals surface area contributed by atoms with Gasteiger partial charge < -0.3 is 19.8 Å². The highest BCUT2D eigenvalue weighted by Crippen LogP contribution is 2.34. The van der Waals surface area contributed by atoms with E-state index in [1.807, 2.05) is 0 Å². The van der Waals surface area contributed by atoms with Gasteiger partial charge in [-0.1, -0.05) is 6.07 Å². The number of imidazole rings is 1. The number of benzene rings is 1. The Balaban J connectivity index is 1.34. The number of nitrogens with zero attached hydrogens (tertiary/aromatic N) is 1. The van der Waals surface area contributed by atoms with Crippen molar-refractivity contribution in [1.29, 1.82) is 0 Å². The van der Waals surface area contributed by atoms with Crippen molar-refractivity contribution in [3.05, 3.63) is 29.1 Å². The Morgan fingerprint density at radius 1 is 1.24 bits per heavy atom. The van der Waals surface area contributed by atoms with E-state index in [-0.39, 0.29) is 5.60 Å². The molecule has 1 spiro atoms. The van der Waals surface area contributed by atoms with Crippen LogP contribution in [0.1, 0.15) is 42.6 Å². The Hall–Kier alpha value is -1.43. The number of ether oxygens (including phenoxy) is 2. The first-order valence-corrected chi connectivity index (χ1v) is 9.55. The van der Waals surface area contributed by atoms with Crippen LogP contribution in [0.5, 0.6) is 0 Å². The Morgan fingerprint density at radius 3 is 2.92 bits per heavy atom. The predicted molar refractivity (Wildman–Crippen MR) is 99.0 cm³/mol. The molecule has 2 N–H and O–H groups in total. The summed E-state index contributed by atoms with van der Waals surface area (Å²) in [4.78, 5) is 8.27. The number of rotatable bonds is 4. The molecule has 0 radical (unpaired) electrons. The van der Waals surface area contributed by atoms with Crippen LogP contribution >= 0.6 is 0 Å². The molecule has 25 heavy (non-hydrogen) atoms. The van der Waals surface area contributed by atoms with Crippen LogP contribution in [0.2, 0.25) is 0 Å². The third-order valence-corrected chi connectivity index (χ3v) is 5.92. The first-order valence-electron chi connectivity index (χ1n) is 9.55. The lowest BCUT2D eigenvalue weighted by molar-refractivity contribution is -0.140. The number of aromatic nitrogens is 2. The highest BCUT2D eigenvalue weighted by molar-refractivity contribution is 5.79. The van der Waals surface area contributed by atoms with Crippen molar-refractivity contribution in [3.8, 4) is 0 Å². The number of fused-ring (bicyclic) bond motifs is 1. The molecule has 1 aromatic carbocycles. The van der Waals surface area contributed by atoms with Crippen LogP contribution in [0, 0.1) is 13.8 Å². The van der Waals surface area contributed by atoms with Gasteiger partial charge in [-0.15, -0.1) is 0 Å². The van der Waals surface area contributed by atoms with E-state index in [1.165, 1.54) is 11.1 Å². The van der Waals surface area contributed by atoms with Crippen molar-refractivity contribution in [2.24, 2.45) is 0 Å². The second-order valence-corrected chi connectivity index (χ2v) is 7.62. The maximum absolute atomic E-state index is 6.13. The van der Waals surface area contributed by atoms with Gasteiger partial charge in [0.05, 0.1) is 16.6 Å². The monoisotopic (exact) mass is 343 g/mol. The second-order valence-electron chi connectivity index (χ2n) is 7.62. The lowest BCUT2D eigenvalue weighted by atomic mass is 9.84. The summed E-state index contributed by atoms with van der Waals surface area (Å²) < 4.78 is 11.6. The number of nitrogens with one attached hydrogen (secondary N) is 2. The molecule has 1 aromatic heterocycles. The van der Waals surface area contributed by atoms with Crippen LogP contribution in [0.15, 0.2) is 12.1 Å². The SMILES string of the molecule is Cc1ccc2[nH]c(CCNC3CCOC4(CCOCC4)C3)nc2c1C. The molecule has 2 aliphatic heterocycles. The minimum Gasteiger partial charge on any atom is -0.381 e. The molecule has 0 saturated carbocycles. The number of H-pyrrole nitrogens is 1. The topological polar surface area (TPSA) is 59.2 Å². The van der Waals surface area contributed by atoms with E-state index in [0.29, 0.717) is 6.04 Å². The summed E-state index contributed by atoms with van der Waals surface area (Å²) in [5.74, 6) is 1.07. The van der Waals surface area contributed by atoms with Gasteiger partial charge >= 0.3 is 0 Å². The fourth-order valence-electron chi connectivity index (χ4n) is 4.17. The maximum atomic E-state index is 6.13. The van der Waals surface area contributed by atoms with Crippen LogP contribution in [0.4, 0.5) is 0 Å². The van der Waals surface area contributed by atoms with Crippen molar-refractivity contribution in [2.45, 2.75) is 57.6 Å². The highest BCUT2D eigenvalue weighted by Gasteiger charge is 2.38. The summed E-state index contributed by atoms with van der Waals surface area (Å²) in [5.41, 5.74) is 4.89. The van der Waals surface area contributed by atoms with Crippen molar-refractivity contribution < 1.29 is 9.47 Å². The minimum absolute atomic E-state index is 0.0577. The van der Waals surface area contributed by atoms with Crippen LogP contribution in [-0.4, -0.2) is 48.0 Å². The smallest absolute Gasteiger partial charge is 0.108 e. The van der Waals surface area contributed by atoms with E-state index in [1.54, 1.807) is 0 Å². The predicted octanol–water partition coefficient (Wildman–Crippen LogP) is 3.04. The average Bonchev–Trinajstić information content (AvgIpc) is 3.03. The Kier molecular flexibility index (Phi) is 4.80. The lowest BCUT2D eigenvalue weighted by Gasteiger charge is -2.43. The van der Waals surface area contributed by atoms with Crippen molar-refractivity contribution >= 4 is 11.0 Å². The van der Waals surface area contributed by atoms with E-state index in [2.05, 4.69) is 36.3 Å². The number of aromatic amines is 1. The Morgan fingerprint density at radius 2 is 2.08 bits per heavy atom. The van der Waals surface area contributed by atoms with E-state index < -0.39 is 0 Å². The number of hydrogen-bond donors (Lipinski definition) is 2. The fraction of sp³-hybridized carbons (Fsp3) is 0.650. The van der Waals surface area contributed by atoms with Gasteiger partial charge in [-0.2, -0.15) is 0 Å². The summed E-state index contributed by atoms with van der Waals surface area (Å²) in [6.45, 7) is 7.78. The molecule has 0 bridgehead atoms. The van der Waals surface area contributed by atoms with Crippen molar-refractivity contribution in [3.63, 3.8) is 0 Å². The molecule has 5 heteroatoms. The quantitative estimate of drug-likeness (QED) is 0.896. The van der Waals surface area contributed by atoms with Gasteiger partial charge in [-0.05, 0) is 56.7 Å². The van der Waals surface area contributed by atoms with Crippen molar-refractivity contribution in [1.82, 2.24) is 15.3 Å². The van der Waals surface area contributed by atoms with Gasteiger partial charge in [0.15, 0.2) is 0 Å². The van der Waals surface area contributed by atoms with Gasteiger partial charge in [0.25, 0.3) is 0 Å². The molecule has 2 fully saturated rings. The fourth-order valence-corrected chi connectivity index (χ4v) is 4.17. The molecule has 5 nitrogen and oxygen atoms in total. The molecule has 2 saturated heterocycles. The van der Waals surface area contributed by atoms with E-state index in [0.717, 1.165) is 75.3 Å². The summed E-state index contributed by atoms with van der Waals surface area (Å²) in [6.07, 6.45) is 5.21. The third-order valence-electron chi connectivity index (χ3n) is 5.92. The summed E-state index contributed by atoms with van der Waals surface area (Å²) in [5, 5.41) is 3.73. The molecular weight excluding hydrogens is 314 g/mol. The largest absolute Gasteiger partial charge is 0.381 e. The normalized spacial score (nSPS) is 23.4. The zero-order valence-electron chi connectivity index (χ0n) is 15.4. The molecule has 1 atom stereocenters. The molecule has 1 unspecified atom stereocenters. The second kappa shape index (κ2) is 7.06. The molecule has 3 heterocycles. The number of hydrogen-bond acceptors (Lipinski definition) is 4. The minimum atomic E-state index is 0.0577. The van der Waals surface area contributed by atoms with Gasteiger partial charge in [0.2, 0.25) is 0 Å². The molecule has 0 aliphatic carbocycles. The van der Waals surface area contributed by atoms with Crippen LogP contribution in [-0.2, 0) is 15.9 Å². The average molecular weight is 343 g/mol. The third kappa shape index (κ3) is 3.59. The highest BCUT2D eigenvalue weighted by atomic mass is 16.5. The van der Waals surface area contributed by atoms with Crippen LogP contribution in [0.3, 0.4) is 0 Å². The molecular formula is C20H29N3O2. The van der Waals surface area contributed by atoms with Gasteiger partial charge in [0.1, 0.15) is 5.82 Å². The first kappa shape index (κ1) is 17.0. The summed E-state index contributed by atoms with van der Waals surface area (Å²) in [7, 11) is 0. The molecule has 2 aromatic rings. The van der Waals surface area contributed by atoms with E-state index >= 15 is 0 Å². The Bertz CT molecular complexity index is 728. The zero-order valence-corrected chi connectivity index (χ0v) is 15.4. The van der Waals surface area contributed by atoms with Crippen LogP contribution < -0.4 is 5.32 Å². The molecule has 0 amide bonds. The van der Waals surface area contributed by atoms with E-state index in [4.69, 9.17) is 14.5 Å². The molecule has 136 valence electrons. The lowest BCUT2D eigenvalue weighted by Crippen LogP contribution is -2.50. The zero-order chi connectivity index (χ0) is 17.3. The van der Waals surface area contributed by atoms with Gasteiger partial charge in [0, 0.05) is 38.8 Å². The Labute approximate surface area is 149 Å². The summed E-state index contributed by atoms with van der Waals surface area (Å²) in [6, 6.07) is 4.84. The first-order chi connectivity index (χ1) is 12.2. The van der Waals surface area contributed by atoms with Gasteiger partial charge in [-0.3, -0.25) is 0 Å². The van der Waals surface area contributed by atoms with Gasteiger partial charge in [-0.25, -0.2) is 4.98 Å². The van der Waals surface area contributed by atoms with Crippen LogP contribution in [0.25, 0.3) is 11.0 Å². The maximum Gasteiger partial charge on any atom is 0.108 e. The van der Waals surface area contributed by atoms with Crippen molar-refractivity contribution in [2.75, 3.05) is 26.4 Å². The molecule has 4 rings (SSSR count). The molecule has 2 aliphatic rings.